The van der Waals surface area contributed by atoms with Gasteiger partial charge in [0.15, 0.2) is 0 Å². The number of nitrogens with zero attached hydrogens (tertiary/aromatic N) is 3. The first-order valence-corrected chi connectivity index (χ1v) is 5.75. The Balaban J connectivity index is 2.18. The van der Waals surface area contributed by atoms with Crippen LogP contribution in [0.4, 0.5) is 0 Å². The molecular formula is C10H6ClN3OS. The molecule has 1 aromatic heterocycles. The van der Waals surface area contributed by atoms with Crippen LogP contribution in [0.2, 0.25) is 5.02 Å². The van der Waals surface area contributed by atoms with Crippen LogP contribution >= 0.6 is 23.4 Å². The molecule has 1 heterocycles. The first kappa shape index (κ1) is 11.0. The fraction of sp³-hybridized carbons (Fsp3) is 0.100. The number of rotatable bonds is 3. The Labute approximate surface area is 101 Å². The van der Waals surface area contributed by atoms with Crippen molar-refractivity contribution in [3.05, 3.63) is 35.2 Å². The van der Waals surface area contributed by atoms with Crippen molar-refractivity contribution in [3.63, 3.8) is 0 Å². The molecule has 6 heteroatoms. The molecule has 0 saturated heterocycles. The summed E-state index contributed by atoms with van der Waals surface area (Å²) in [5.74, 6) is 1.35. The first-order chi connectivity index (χ1) is 7.79. The summed E-state index contributed by atoms with van der Waals surface area (Å²) < 4.78 is 4.99. The number of nitriles is 1. The summed E-state index contributed by atoms with van der Waals surface area (Å²) in [6.45, 7) is 0. The van der Waals surface area contributed by atoms with Crippen molar-refractivity contribution in [2.75, 3.05) is 0 Å². The van der Waals surface area contributed by atoms with Crippen LogP contribution in [0, 0.1) is 10.7 Å². The minimum atomic E-state index is 0.400. The minimum absolute atomic E-state index is 0.400. The summed E-state index contributed by atoms with van der Waals surface area (Å²) in [6, 6.07) is 7.15. The van der Waals surface area contributed by atoms with Gasteiger partial charge in [0.05, 0.1) is 5.75 Å². The average Bonchev–Trinajstić information content (AvgIpc) is 2.76. The Morgan fingerprint density at radius 1 is 1.38 bits per heavy atom. The molecule has 0 unspecified atom stereocenters. The molecule has 4 nitrogen and oxygen atoms in total. The lowest BCUT2D eigenvalue weighted by molar-refractivity contribution is 0.392. The Bertz CT molecular complexity index is 518. The Hall–Kier alpha value is -1.51. The van der Waals surface area contributed by atoms with E-state index in [2.05, 4.69) is 10.1 Å². The van der Waals surface area contributed by atoms with Crippen molar-refractivity contribution in [2.24, 2.45) is 0 Å². The summed E-state index contributed by atoms with van der Waals surface area (Å²) in [7, 11) is 0. The van der Waals surface area contributed by atoms with Gasteiger partial charge in [-0.25, -0.2) is 0 Å². The predicted octanol–water partition coefficient (Wildman–Crippen LogP) is 3.10. The van der Waals surface area contributed by atoms with Crippen molar-refractivity contribution in [3.8, 4) is 16.8 Å². The van der Waals surface area contributed by atoms with Gasteiger partial charge in [-0.15, -0.1) is 0 Å². The van der Waals surface area contributed by atoms with E-state index in [4.69, 9.17) is 21.4 Å². The molecule has 0 atom stereocenters. The SMILES string of the molecule is N#CSCc1nc(-c2ccc(Cl)cc2)no1. The second kappa shape index (κ2) is 5.01. The molecule has 0 fully saturated rings. The van der Waals surface area contributed by atoms with E-state index in [1.54, 1.807) is 12.1 Å². The highest BCUT2D eigenvalue weighted by Gasteiger charge is 2.08. The van der Waals surface area contributed by atoms with Crippen molar-refractivity contribution in [2.45, 2.75) is 5.75 Å². The third-order valence-corrected chi connectivity index (χ3v) is 2.60. The van der Waals surface area contributed by atoms with Gasteiger partial charge in [0, 0.05) is 10.6 Å². The highest BCUT2D eigenvalue weighted by atomic mass is 35.5. The molecule has 1 aromatic carbocycles. The zero-order chi connectivity index (χ0) is 11.4. The number of hydrogen-bond acceptors (Lipinski definition) is 5. The summed E-state index contributed by atoms with van der Waals surface area (Å²) in [5.41, 5.74) is 0.835. The molecule has 0 radical (unpaired) electrons. The van der Waals surface area contributed by atoms with Gasteiger partial charge in [-0.3, -0.25) is 0 Å². The van der Waals surface area contributed by atoms with E-state index in [1.807, 2.05) is 17.5 Å². The van der Waals surface area contributed by atoms with Crippen LogP contribution < -0.4 is 0 Å². The van der Waals surface area contributed by atoms with E-state index < -0.39 is 0 Å². The lowest BCUT2D eigenvalue weighted by atomic mass is 10.2. The highest BCUT2D eigenvalue weighted by molar-refractivity contribution is 8.02. The minimum Gasteiger partial charge on any atom is -0.338 e. The summed E-state index contributed by atoms with van der Waals surface area (Å²) in [5, 5.41) is 14.8. The third-order valence-electron chi connectivity index (χ3n) is 1.83. The molecule has 0 bridgehead atoms. The fourth-order valence-corrected chi connectivity index (χ4v) is 1.55. The van der Waals surface area contributed by atoms with Gasteiger partial charge in [0.1, 0.15) is 5.40 Å². The van der Waals surface area contributed by atoms with Crippen molar-refractivity contribution in [1.82, 2.24) is 10.1 Å². The van der Waals surface area contributed by atoms with Crippen LogP contribution in [0.5, 0.6) is 0 Å². The predicted molar refractivity (Wildman–Crippen MR) is 61.7 cm³/mol. The summed E-state index contributed by atoms with van der Waals surface area (Å²) >= 11 is 6.83. The lowest BCUT2D eigenvalue weighted by Gasteiger charge is -1.92. The van der Waals surface area contributed by atoms with E-state index in [9.17, 15) is 0 Å². The number of benzene rings is 1. The van der Waals surface area contributed by atoms with Gasteiger partial charge in [0.2, 0.25) is 11.7 Å². The van der Waals surface area contributed by atoms with Gasteiger partial charge in [-0.2, -0.15) is 10.2 Å². The standard InChI is InChI=1S/C10H6ClN3OS/c11-8-3-1-7(2-4-8)10-13-9(15-14-10)5-16-6-12/h1-4H,5H2. The molecular weight excluding hydrogens is 246 g/mol. The molecule has 80 valence electrons. The van der Waals surface area contributed by atoms with Crippen LogP contribution in [0.25, 0.3) is 11.4 Å². The second-order valence-corrected chi connectivity index (χ2v) is 4.09. The quantitative estimate of drug-likeness (QED) is 0.785. The lowest BCUT2D eigenvalue weighted by Crippen LogP contribution is -1.81. The van der Waals surface area contributed by atoms with Crippen LogP contribution in [-0.2, 0) is 5.75 Å². The van der Waals surface area contributed by atoms with Crippen molar-refractivity contribution >= 4 is 23.4 Å². The Morgan fingerprint density at radius 2 is 2.12 bits per heavy atom. The molecule has 0 aliphatic rings. The largest absolute Gasteiger partial charge is 0.338 e. The maximum Gasteiger partial charge on any atom is 0.238 e. The van der Waals surface area contributed by atoms with Crippen LogP contribution in [-0.4, -0.2) is 10.1 Å². The van der Waals surface area contributed by atoms with E-state index in [-0.39, 0.29) is 0 Å². The number of hydrogen-bond donors (Lipinski definition) is 0. The first-order valence-electron chi connectivity index (χ1n) is 4.39. The number of thiocyanates is 1. The maximum atomic E-state index is 8.39. The maximum absolute atomic E-state index is 8.39. The van der Waals surface area contributed by atoms with Crippen molar-refractivity contribution in [1.29, 1.82) is 5.26 Å². The Morgan fingerprint density at radius 3 is 2.81 bits per heavy atom. The highest BCUT2D eigenvalue weighted by Crippen LogP contribution is 2.19. The number of halogens is 1. The second-order valence-electron chi connectivity index (χ2n) is 2.90. The molecule has 0 amide bonds. The van der Waals surface area contributed by atoms with Gasteiger partial charge in [0.25, 0.3) is 0 Å². The van der Waals surface area contributed by atoms with E-state index in [1.165, 1.54) is 0 Å². The molecule has 16 heavy (non-hydrogen) atoms. The van der Waals surface area contributed by atoms with Gasteiger partial charge in [-0.05, 0) is 36.0 Å². The molecule has 0 N–H and O–H groups in total. The van der Waals surface area contributed by atoms with Crippen LogP contribution in [0.1, 0.15) is 5.89 Å². The molecule has 0 aliphatic carbocycles. The third kappa shape index (κ3) is 2.54. The summed E-state index contributed by atoms with van der Waals surface area (Å²) in [4.78, 5) is 4.15. The number of thioether (sulfide) groups is 1. The average molecular weight is 252 g/mol. The zero-order valence-electron chi connectivity index (χ0n) is 8.05. The molecule has 2 aromatic rings. The zero-order valence-corrected chi connectivity index (χ0v) is 9.63. The van der Waals surface area contributed by atoms with Crippen molar-refractivity contribution < 1.29 is 4.52 Å². The van der Waals surface area contributed by atoms with E-state index in [0.29, 0.717) is 22.5 Å². The monoisotopic (exact) mass is 251 g/mol. The normalized spacial score (nSPS) is 10.0. The summed E-state index contributed by atoms with van der Waals surface area (Å²) in [6.07, 6.45) is 0. The van der Waals surface area contributed by atoms with E-state index >= 15 is 0 Å². The Kier molecular flexibility index (Phi) is 3.44. The molecule has 0 spiro atoms. The molecule has 2 rings (SSSR count). The van der Waals surface area contributed by atoms with E-state index in [0.717, 1.165) is 17.3 Å². The smallest absolute Gasteiger partial charge is 0.238 e. The van der Waals surface area contributed by atoms with Gasteiger partial charge >= 0.3 is 0 Å². The molecule has 0 aliphatic heterocycles. The number of aromatic nitrogens is 2. The fourth-order valence-electron chi connectivity index (χ4n) is 1.12. The van der Waals surface area contributed by atoms with Crippen LogP contribution in [0.15, 0.2) is 28.8 Å². The van der Waals surface area contributed by atoms with Crippen LogP contribution in [0.3, 0.4) is 0 Å². The van der Waals surface area contributed by atoms with Gasteiger partial charge < -0.3 is 4.52 Å². The topological polar surface area (TPSA) is 62.7 Å². The molecule has 0 saturated carbocycles. The van der Waals surface area contributed by atoms with Gasteiger partial charge in [-0.1, -0.05) is 16.8 Å².